The molecule has 0 radical (unpaired) electrons. The highest BCUT2D eigenvalue weighted by Crippen LogP contribution is 2.20. The molecule has 0 aromatic heterocycles. The topological polar surface area (TPSA) is 67.4 Å². The van der Waals surface area contributed by atoms with Gasteiger partial charge in [-0.15, -0.1) is 0 Å². The van der Waals surface area contributed by atoms with E-state index in [0.29, 0.717) is 10.8 Å². The van der Waals surface area contributed by atoms with Crippen LogP contribution in [0.3, 0.4) is 0 Å². The van der Waals surface area contributed by atoms with Gasteiger partial charge in [0.2, 0.25) is 0 Å². The summed E-state index contributed by atoms with van der Waals surface area (Å²) in [6.07, 6.45) is 0. The van der Waals surface area contributed by atoms with Crippen molar-refractivity contribution in [1.82, 2.24) is 10.9 Å². The van der Waals surface area contributed by atoms with E-state index in [1.54, 1.807) is 0 Å². The molecule has 0 aliphatic carbocycles. The van der Waals surface area contributed by atoms with Crippen LogP contribution in [0.5, 0.6) is 5.75 Å². The van der Waals surface area contributed by atoms with Crippen LogP contribution in [0, 0.1) is 13.8 Å². The van der Waals surface area contributed by atoms with Gasteiger partial charge in [-0.25, -0.2) is 0 Å². The average molecular weight is 367 g/mol. The predicted molar refractivity (Wildman–Crippen MR) is 93.5 cm³/mol. The summed E-state index contributed by atoms with van der Waals surface area (Å²) in [5.41, 5.74) is 6.82. The van der Waals surface area contributed by atoms with Crippen molar-refractivity contribution in [2.24, 2.45) is 0 Å². The third-order valence-corrected chi connectivity index (χ3v) is 3.60. The van der Waals surface area contributed by atoms with Gasteiger partial charge in [0.25, 0.3) is 11.8 Å². The number of hydrogen-bond acceptors (Lipinski definition) is 3. The third-order valence-electron chi connectivity index (χ3n) is 3.06. The molecule has 2 rings (SSSR count). The molecule has 0 fully saturated rings. The molecular weight excluding hydrogens is 351 g/mol. The van der Waals surface area contributed by atoms with Gasteiger partial charge in [-0.2, -0.15) is 0 Å². The highest BCUT2D eigenvalue weighted by Gasteiger charge is 2.12. The summed E-state index contributed by atoms with van der Waals surface area (Å²) in [6, 6.07) is 10.1. The first kappa shape index (κ1) is 18.1. The molecule has 0 aliphatic rings. The van der Waals surface area contributed by atoms with E-state index in [0.717, 1.165) is 11.1 Å². The van der Waals surface area contributed by atoms with Crippen molar-refractivity contribution < 1.29 is 14.3 Å². The molecule has 7 heteroatoms. The summed E-state index contributed by atoms with van der Waals surface area (Å²) in [6.45, 7) is 3.66. The van der Waals surface area contributed by atoms with Crippen molar-refractivity contribution >= 4 is 35.0 Å². The lowest BCUT2D eigenvalue weighted by molar-refractivity contribution is -0.123. The fourth-order valence-electron chi connectivity index (χ4n) is 2.07. The zero-order chi connectivity index (χ0) is 17.7. The number of carbonyl (C=O) groups excluding carboxylic acids is 2. The number of carbonyl (C=O) groups is 2. The van der Waals surface area contributed by atoms with Crippen molar-refractivity contribution in [2.75, 3.05) is 6.61 Å². The minimum Gasteiger partial charge on any atom is -0.484 e. The molecule has 0 bridgehead atoms. The summed E-state index contributed by atoms with van der Waals surface area (Å²) < 4.78 is 5.40. The number of rotatable bonds is 4. The molecule has 0 heterocycles. The van der Waals surface area contributed by atoms with Gasteiger partial charge < -0.3 is 4.74 Å². The van der Waals surface area contributed by atoms with E-state index in [1.807, 2.05) is 32.0 Å². The van der Waals surface area contributed by atoms with Crippen LogP contribution in [0.2, 0.25) is 10.0 Å². The number of nitrogens with one attached hydrogen (secondary N) is 2. The fraction of sp³-hybridized carbons (Fsp3) is 0.176. The highest BCUT2D eigenvalue weighted by atomic mass is 35.5. The molecular formula is C17H16Cl2N2O3. The third kappa shape index (κ3) is 5.15. The summed E-state index contributed by atoms with van der Waals surface area (Å²) in [4.78, 5) is 23.7. The Bertz CT molecular complexity index is 758. The van der Waals surface area contributed by atoms with Crippen molar-refractivity contribution in [3.8, 4) is 5.75 Å². The van der Waals surface area contributed by atoms with E-state index >= 15 is 0 Å². The van der Waals surface area contributed by atoms with E-state index in [4.69, 9.17) is 27.9 Å². The van der Waals surface area contributed by atoms with Crippen LogP contribution in [0.1, 0.15) is 21.5 Å². The fourth-order valence-corrected chi connectivity index (χ4v) is 2.56. The number of aryl methyl sites for hydroxylation is 2. The molecule has 0 saturated carbocycles. The van der Waals surface area contributed by atoms with Gasteiger partial charge in [0, 0.05) is 5.02 Å². The molecule has 0 atom stereocenters. The quantitative estimate of drug-likeness (QED) is 0.814. The van der Waals surface area contributed by atoms with Crippen molar-refractivity contribution in [2.45, 2.75) is 13.8 Å². The van der Waals surface area contributed by atoms with Crippen LogP contribution in [-0.4, -0.2) is 18.4 Å². The SMILES string of the molecule is Cc1cc(C)cc(OCC(=O)NNC(=O)c2ccc(Cl)cc2Cl)c1. The van der Waals surface area contributed by atoms with Crippen molar-refractivity contribution in [3.05, 3.63) is 63.1 Å². The molecule has 5 nitrogen and oxygen atoms in total. The molecule has 24 heavy (non-hydrogen) atoms. The number of ether oxygens (including phenoxy) is 1. The number of benzene rings is 2. The first-order valence-electron chi connectivity index (χ1n) is 7.10. The summed E-state index contributed by atoms with van der Waals surface area (Å²) >= 11 is 11.7. The Morgan fingerprint density at radius 2 is 1.67 bits per heavy atom. The zero-order valence-electron chi connectivity index (χ0n) is 13.2. The standard InChI is InChI=1S/C17H16Cl2N2O3/c1-10-5-11(2)7-13(6-10)24-9-16(22)20-21-17(23)14-4-3-12(18)8-15(14)19/h3-8H,9H2,1-2H3,(H,20,22)(H,21,23). The molecule has 0 aliphatic heterocycles. The second kappa shape index (κ2) is 8.04. The zero-order valence-corrected chi connectivity index (χ0v) is 14.7. The normalized spacial score (nSPS) is 10.2. The monoisotopic (exact) mass is 366 g/mol. The van der Waals surface area contributed by atoms with Gasteiger partial charge in [-0.3, -0.25) is 20.4 Å². The van der Waals surface area contributed by atoms with E-state index in [-0.39, 0.29) is 17.2 Å². The summed E-state index contributed by atoms with van der Waals surface area (Å²) in [7, 11) is 0. The Hall–Kier alpha value is -2.24. The van der Waals surface area contributed by atoms with E-state index < -0.39 is 11.8 Å². The van der Waals surface area contributed by atoms with Crippen LogP contribution in [0.15, 0.2) is 36.4 Å². The predicted octanol–water partition coefficient (Wildman–Crippen LogP) is 3.45. The minimum atomic E-state index is -0.545. The maximum atomic E-state index is 12.0. The highest BCUT2D eigenvalue weighted by molar-refractivity contribution is 6.36. The molecule has 2 N–H and O–H groups in total. The molecule has 2 aromatic rings. The second-order valence-corrected chi connectivity index (χ2v) is 6.08. The number of hydrogen-bond donors (Lipinski definition) is 2. The Kier molecular flexibility index (Phi) is 6.06. The molecule has 126 valence electrons. The lowest BCUT2D eigenvalue weighted by Crippen LogP contribution is -2.43. The first-order chi connectivity index (χ1) is 11.3. The number of hydrazine groups is 1. The molecule has 2 aromatic carbocycles. The molecule has 0 unspecified atom stereocenters. The van der Waals surface area contributed by atoms with Gasteiger partial charge in [-0.05, 0) is 55.3 Å². The molecule has 0 saturated heterocycles. The number of amides is 2. The van der Waals surface area contributed by atoms with Gasteiger partial charge in [0.15, 0.2) is 6.61 Å². The minimum absolute atomic E-state index is 0.195. The number of halogens is 2. The Morgan fingerprint density at radius 1 is 1.00 bits per heavy atom. The Labute approximate surface area is 149 Å². The van der Waals surface area contributed by atoms with Gasteiger partial charge in [0.05, 0.1) is 10.6 Å². The lowest BCUT2D eigenvalue weighted by Gasteiger charge is -2.10. The Balaban J connectivity index is 1.85. The maximum Gasteiger partial charge on any atom is 0.276 e. The van der Waals surface area contributed by atoms with E-state index in [1.165, 1.54) is 18.2 Å². The first-order valence-corrected chi connectivity index (χ1v) is 7.86. The second-order valence-electron chi connectivity index (χ2n) is 5.24. The maximum absolute atomic E-state index is 12.0. The van der Waals surface area contributed by atoms with Gasteiger partial charge >= 0.3 is 0 Å². The van der Waals surface area contributed by atoms with Crippen molar-refractivity contribution in [1.29, 1.82) is 0 Å². The average Bonchev–Trinajstić information content (AvgIpc) is 2.49. The van der Waals surface area contributed by atoms with Crippen LogP contribution >= 0.6 is 23.2 Å². The lowest BCUT2D eigenvalue weighted by atomic mass is 10.1. The smallest absolute Gasteiger partial charge is 0.276 e. The Morgan fingerprint density at radius 3 is 2.29 bits per heavy atom. The van der Waals surface area contributed by atoms with Gasteiger partial charge in [-0.1, -0.05) is 29.3 Å². The van der Waals surface area contributed by atoms with E-state index in [9.17, 15) is 9.59 Å². The molecule has 0 spiro atoms. The van der Waals surface area contributed by atoms with Crippen LogP contribution < -0.4 is 15.6 Å². The summed E-state index contributed by atoms with van der Waals surface area (Å²) in [5.74, 6) is -0.446. The van der Waals surface area contributed by atoms with Crippen molar-refractivity contribution in [3.63, 3.8) is 0 Å². The van der Waals surface area contributed by atoms with Gasteiger partial charge in [0.1, 0.15) is 5.75 Å². The van der Waals surface area contributed by atoms with E-state index in [2.05, 4.69) is 10.9 Å². The largest absolute Gasteiger partial charge is 0.484 e. The van der Waals surface area contributed by atoms with Crippen LogP contribution in [0.25, 0.3) is 0 Å². The van der Waals surface area contributed by atoms with Crippen LogP contribution in [0.4, 0.5) is 0 Å². The summed E-state index contributed by atoms with van der Waals surface area (Å²) in [5, 5.41) is 0.614. The van der Waals surface area contributed by atoms with Crippen LogP contribution in [-0.2, 0) is 4.79 Å². The molecule has 2 amide bonds.